The number of nitrogens with one attached hydrogen (secondary N) is 2. The monoisotopic (exact) mass is 256 g/mol. The molecule has 5 nitrogen and oxygen atoms in total. The van der Waals surface area contributed by atoms with Crippen molar-refractivity contribution in [3.63, 3.8) is 0 Å². The van der Waals surface area contributed by atoms with Gasteiger partial charge < -0.3 is 16.0 Å². The average molecular weight is 256 g/mol. The zero-order valence-corrected chi connectivity index (χ0v) is 10.6. The molecule has 5 heteroatoms. The predicted octanol–water partition coefficient (Wildman–Crippen LogP) is 1.48. The number of aromatic amines is 1. The summed E-state index contributed by atoms with van der Waals surface area (Å²) >= 11 is 0. The Morgan fingerprint density at radius 1 is 1.42 bits per heavy atom. The lowest BCUT2D eigenvalue weighted by atomic mass is 10.0. The molecule has 1 saturated carbocycles. The molecule has 1 aromatic carbocycles. The molecule has 2 heterocycles. The van der Waals surface area contributed by atoms with E-state index in [0.29, 0.717) is 16.5 Å². The van der Waals surface area contributed by atoms with E-state index in [1.54, 1.807) is 6.07 Å². The second kappa shape index (κ2) is 3.57. The highest BCUT2D eigenvalue weighted by atomic mass is 16.1. The molecule has 19 heavy (non-hydrogen) atoms. The van der Waals surface area contributed by atoms with Crippen molar-refractivity contribution in [1.29, 1.82) is 0 Å². The molecule has 1 aliphatic carbocycles. The Labute approximate surface area is 110 Å². The van der Waals surface area contributed by atoms with E-state index in [1.165, 1.54) is 12.8 Å². The second-order valence-corrected chi connectivity index (χ2v) is 5.83. The molecule has 2 aromatic rings. The Morgan fingerprint density at radius 3 is 2.95 bits per heavy atom. The van der Waals surface area contributed by atoms with Gasteiger partial charge >= 0.3 is 0 Å². The minimum atomic E-state index is -0.429. The van der Waals surface area contributed by atoms with Crippen LogP contribution in [0.25, 0.3) is 11.0 Å². The fourth-order valence-corrected chi connectivity index (χ4v) is 3.08. The molecule has 1 aliphatic heterocycles. The molecule has 4 rings (SSSR count). The Bertz CT molecular complexity index is 671. The zero-order chi connectivity index (χ0) is 13.0. The highest BCUT2D eigenvalue weighted by Gasteiger charge is 2.49. The van der Waals surface area contributed by atoms with Gasteiger partial charge in [0.2, 0.25) is 0 Å². The Hall–Kier alpha value is -1.88. The molecule has 98 valence electrons. The number of carbonyl (C=O) groups excluding carboxylic acids is 1. The topological polar surface area (TPSA) is 83.8 Å². The van der Waals surface area contributed by atoms with Gasteiger partial charge in [0.1, 0.15) is 11.3 Å². The third-order valence-electron chi connectivity index (χ3n) is 4.44. The number of para-hydroxylation sites is 1. The second-order valence-electron chi connectivity index (χ2n) is 5.83. The number of primary amides is 1. The number of fused-ring (bicyclic) bond motifs is 1. The highest BCUT2D eigenvalue weighted by molar-refractivity contribution is 6.04. The van der Waals surface area contributed by atoms with E-state index in [1.807, 2.05) is 12.1 Å². The number of H-pyrrole nitrogens is 1. The molecule has 1 aromatic heterocycles. The van der Waals surface area contributed by atoms with Gasteiger partial charge in [-0.15, -0.1) is 0 Å². The molecular weight excluding hydrogens is 240 g/mol. The predicted molar refractivity (Wildman–Crippen MR) is 71.6 cm³/mol. The zero-order valence-electron chi connectivity index (χ0n) is 10.6. The van der Waals surface area contributed by atoms with Gasteiger partial charge in [0.15, 0.2) is 0 Å². The number of hydrogen-bond donors (Lipinski definition) is 3. The normalized spacial score (nSPS) is 24.1. The molecule has 1 unspecified atom stereocenters. The standard InChI is InChI=1S/C14H16N4O/c15-12(19)8-2-1-3-9-11(8)18-13(17-9)10-6-14(4-5-14)7-16-10/h1-3,10,16H,4-7H2,(H2,15,19)(H,17,18). The van der Waals surface area contributed by atoms with Crippen LogP contribution in [0.5, 0.6) is 0 Å². The van der Waals surface area contributed by atoms with E-state index in [4.69, 9.17) is 5.73 Å². The fourth-order valence-electron chi connectivity index (χ4n) is 3.08. The lowest BCUT2D eigenvalue weighted by Gasteiger charge is -2.05. The van der Waals surface area contributed by atoms with Crippen LogP contribution in [0.1, 0.15) is 41.5 Å². The van der Waals surface area contributed by atoms with E-state index in [9.17, 15) is 4.79 Å². The van der Waals surface area contributed by atoms with Crippen LogP contribution in [0.3, 0.4) is 0 Å². The number of rotatable bonds is 2. The highest BCUT2D eigenvalue weighted by Crippen LogP contribution is 2.54. The molecule has 2 aliphatic rings. The first-order chi connectivity index (χ1) is 9.17. The van der Waals surface area contributed by atoms with Gasteiger partial charge in [-0.1, -0.05) is 6.07 Å². The minimum Gasteiger partial charge on any atom is -0.366 e. The third kappa shape index (κ3) is 1.65. The van der Waals surface area contributed by atoms with Crippen molar-refractivity contribution >= 4 is 16.9 Å². The van der Waals surface area contributed by atoms with Crippen molar-refractivity contribution in [3.8, 4) is 0 Å². The van der Waals surface area contributed by atoms with Crippen LogP contribution >= 0.6 is 0 Å². The summed E-state index contributed by atoms with van der Waals surface area (Å²) in [6.07, 6.45) is 3.78. The number of aromatic nitrogens is 2. The molecule has 0 bridgehead atoms. The van der Waals surface area contributed by atoms with E-state index < -0.39 is 5.91 Å². The molecule has 1 saturated heterocycles. The number of imidazole rings is 1. The Morgan fingerprint density at radius 2 is 2.26 bits per heavy atom. The maximum absolute atomic E-state index is 11.4. The van der Waals surface area contributed by atoms with Crippen LogP contribution < -0.4 is 11.1 Å². The molecule has 2 fully saturated rings. The third-order valence-corrected chi connectivity index (χ3v) is 4.44. The van der Waals surface area contributed by atoms with Gasteiger partial charge in [-0.05, 0) is 36.8 Å². The summed E-state index contributed by atoms with van der Waals surface area (Å²) in [5.41, 5.74) is 7.96. The van der Waals surface area contributed by atoms with Crippen LogP contribution in [0.2, 0.25) is 0 Å². The summed E-state index contributed by atoms with van der Waals surface area (Å²) in [6.45, 7) is 1.08. The molecular formula is C14H16N4O. The van der Waals surface area contributed by atoms with Crippen LogP contribution in [0, 0.1) is 5.41 Å². The van der Waals surface area contributed by atoms with Crippen molar-refractivity contribution < 1.29 is 4.79 Å². The summed E-state index contributed by atoms with van der Waals surface area (Å²) in [5, 5.41) is 3.53. The summed E-state index contributed by atoms with van der Waals surface area (Å²) in [5.74, 6) is 0.495. The Balaban J connectivity index is 1.75. The van der Waals surface area contributed by atoms with Crippen molar-refractivity contribution in [2.24, 2.45) is 11.1 Å². The van der Waals surface area contributed by atoms with Crippen LogP contribution in [-0.4, -0.2) is 22.4 Å². The maximum atomic E-state index is 11.4. The van der Waals surface area contributed by atoms with E-state index in [0.717, 1.165) is 24.3 Å². The molecule has 4 N–H and O–H groups in total. The number of benzene rings is 1. The number of nitrogens with two attached hydrogens (primary N) is 1. The first-order valence-corrected chi connectivity index (χ1v) is 6.69. The van der Waals surface area contributed by atoms with Crippen LogP contribution in [0.15, 0.2) is 18.2 Å². The first kappa shape index (κ1) is 11.0. The fraction of sp³-hybridized carbons (Fsp3) is 0.429. The van der Waals surface area contributed by atoms with E-state index >= 15 is 0 Å². The summed E-state index contributed by atoms with van der Waals surface area (Å²) < 4.78 is 0. The smallest absolute Gasteiger partial charge is 0.250 e. The lowest BCUT2D eigenvalue weighted by molar-refractivity contribution is 0.100. The maximum Gasteiger partial charge on any atom is 0.250 e. The average Bonchev–Trinajstić information content (AvgIpc) is 2.84. The van der Waals surface area contributed by atoms with Gasteiger partial charge in [-0.25, -0.2) is 4.98 Å². The number of hydrogen-bond acceptors (Lipinski definition) is 3. The SMILES string of the molecule is NC(=O)c1cccc2[nH]c(C3CC4(CC4)CN3)nc12. The van der Waals surface area contributed by atoms with Gasteiger partial charge in [0.25, 0.3) is 5.91 Å². The summed E-state index contributed by atoms with van der Waals surface area (Å²) in [4.78, 5) is 19.3. The van der Waals surface area contributed by atoms with Gasteiger partial charge in [0.05, 0.1) is 17.1 Å². The van der Waals surface area contributed by atoms with E-state index in [2.05, 4.69) is 15.3 Å². The number of nitrogens with zero attached hydrogens (tertiary/aromatic N) is 1. The quantitative estimate of drug-likeness (QED) is 0.761. The first-order valence-electron chi connectivity index (χ1n) is 6.69. The van der Waals surface area contributed by atoms with Crippen molar-refractivity contribution in [3.05, 3.63) is 29.6 Å². The van der Waals surface area contributed by atoms with Gasteiger partial charge in [-0.3, -0.25) is 4.79 Å². The number of carbonyl (C=O) groups is 1. The molecule has 1 spiro atoms. The van der Waals surface area contributed by atoms with E-state index in [-0.39, 0.29) is 6.04 Å². The van der Waals surface area contributed by atoms with Gasteiger partial charge in [-0.2, -0.15) is 0 Å². The summed E-state index contributed by atoms with van der Waals surface area (Å²) in [7, 11) is 0. The Kier molecular flexibility index (Phi) is 2.07. The molecule has 1 atom stereocenters. The van der Waals surface area contributed by atoms with Gasteiger partial charge in [0, 0.05) is 6.54 Å². The molecule has 1 amide bonds. The molecule has 0 radical (unpaired) electrons. The van der Waals surface area contributed by atoms with Crippen LogP contribution in [0.4, 0.5) is 0 Å². The van der Waals surface area contributed by atoms with Crippen molar-refractivity contribution in [2.45, 2.75) is 25.3 Å². The lowest BCUT2D eigenvalue weighted by Crippen LogP contribution is -2.15. The summed E-state index contributed by atoms with van der Waals surface area (Å²) in [6, 6.07) is 5.75. The number of amides is 1. The van der Waals surface area contributed by atoms with Crippen molar-refractivity contribution in [1.82, 2.24) is 15.3 Å². The largest absolute Gasteiger partial charge is 0.366 e. The van der Waals surface area contributed by atoms with Crippen LogP contribution in [-0.2, 0) is 0 Å². The van der Waals surface area contributed by atoms with Crippen molar-refractivity contribution in [2.75, 3.05) is 6.54 Å². The minimum absolute atomic E-state index is 0.274.